The summed E-state index contributed by atoms with van der Waals surface area (Å²) in [5, 5.41) is 2.06. The first-order valence-corrected chi connectivity index (χ1v) is 11.6. The second-order valence-electron chi connectivity index (χ2n) is 7.72. The van der Waals surface area contributed by atoms with Gasteiger partial charge in [-0.05, 0) is 55.5 Å². The summed E-state index contributed by atoms with van der Waals surface area (Å²) in [4.78, 5) is 16.9. The highest BCUT2D eigenvalue weighted by molar-refractivity contribution is 7.19. The Morgan fingerprint density at radius 3 is 2.62 bits per heavy atom. The Kier molecular flexibility index (Phi) is 5.57. The van der Waals surface area contributed by atoms with Gasteiger partial charge in [0, 0.05) is 42.6 Å². The zero-order valence-electron chi connectivity index (χ0n) is 16.4. The Labute approximate surface area is 180 Å². The largest absolute Gasteiger partial charge is 0.492 e. The third-order valence-corrected chi connectivity index (χ3v) is 7.34. The lowest BCUT2D eigenvalue weighted by Crippen LogP contribution is -2.47. The molecule has 5 nitrogen and oxygen atoms in total. The van der Waals surface area contributed by atoms with Gasteiger partial charge in [0.25, 0.3) is 0 Å². The van der Waals surface area contributed by atoms with E-state index in [0.29, 0.717) is 6.61 Å². The highest BCUT2D eigenvalue weighted by Gasteiger charge is 2.24. The van der Waals surface area contributed by atoms with Crippen molar-refractivity contribution in [2.75, 3.05) is 44.2 Å². The number of aryl methyl sites for hydroxylation is 2. The van der Waals surface area contributed by atoms with Crippen LogP contribution in [0.15, 0.2) is 30.6 Å². The number of ether oxygens (including phenoxy) is 1. The molecule has 1 aromatic carbocycles. The molecule has 0 radical (unpaired) electrons. The average Bonchev–Trinajstić information content (AvgIpc) is 3.14. The van der Waals surface area contributed by atoms with Gasteiger partial charge in [-0.25, -0.2) is 9.97 Å². The Bertz CT molecular complexity index is 982. The van der Waals surface area contributed by atoms with Gasteiger partial charge in [-0.1, -0.05) is 11.6 Å². The van der Waals surface area contributed by atoms with Gasteiger partial charge in [0.05, 0.1) is 5.39 Å². The molecule has 0 amide bonds. The lowest BCUT2D eigenvalue weighted by molar-refractivity contribution is 0.200. The molecule has 0 N–H and O–H groups in total. The fourth-order valence-corrected chi connectivity index (χ4v) is 5.67. The maximum absolute atomic E-state index is 5.92. The van der Waals surface area contributed by atoms with Crippen molar-refractivity contribution in [3.8, 4) is 5.75 Å². The lowest BCUT2D eigenvalue weighted by Gasteiger charge is -2.35. The number of thiophene rings is 1. The number of aromatic nitrogens is 2. The summed E-state index contributed by atoms with van der Waals surface area (Å²) in [6, 6.07) is 7.56. The number of hydrogen-bond acceptors (Lipinski definition) is 6. The van der Waals surface area contributed by atoms with E-state index in [1.54, 1.807) is 6.33 Å². The lowest BCUT2D eigenvalue weighted by atomic mass is 9.97. The van der Waals surface area contributed by atoms with Gasteiger partial charge in [-0.2, -0.15) is 0 Å². The molecule has 0 spiro atoms. The molecule has 0 bridgehead atoms. The second kappa shape index (κ2) is 8.46. The summed E-state index contributed by atoms with van der Waals surface area (Å²) in [7, 11) is 0. The van der Waals surface area contributed by atoms with Crippen molar-refractivity contribution in [1.29, 1.82) is 0 Å². The summed E-state index contributed by atoms with van der Waals surface area (Å²) >= 11 is 7.80. The topological polar surface area (TPSA) is 41.5 Å². The monoisotopic (exact) mass is 428 g/mol. The van der Waals surface area contributed by atoms with Crippen LogP contribution < -0.4 is 9.64 Å². The van der Waals surface area contributed by atoms with E-state index < -0.39 is 0 Å². The summed E-state index contributed by atoms with van der Waals surface area (Å²) in [6.07, 6.45) is 6.72. The first kappa shape index (κ1) is 19.1. The minimum atomic E-state index is 0.692. The van der Waals surface area contributed by atoms with E-state index in [1.807, 2.05) is 35.6 Å². The van der Waals surface area contributed by atoms with Crippen LogP contribution in [-0.4, -0.2) is 54.2 Å². The summed E-state index contributed by atoms with van der Waals surface area (Å²) < 4.78 is 5.85. The van der Waals surface area contributed by atoms with Crippen molar-refractivity contribution in [2.24, 2.45) is 0 Å². The molecule has 1 aliphatic heterocycles. The molecule has 1 saturated heterocycles. The van der Waals surface area contributed by atoms with Crippen LogP contribution in [0.1, 0.15) is 23.3 Å². The fraction of sp³-hybridized carbons (Fsp3) is 0.455. The molecule has 3 aromatic rings. The van der Waals surface area contributed by atoms with Gasteiger partial charge in [-0.15, -0.1) is 11.3 Å². The molecule has 0 atom stereocenters. The van der Waals surface area contributed by atoms with E-state index in [2.05, 4.69) is 14.8 Å². The summed E-state index contributed by atoms with van der Waals surface area (Å²) in [5.41, 5.74) is 1.52. The Morgan fingerprint density at radius 2 is 1.79 bits per heavy atom. The van der Waals surface area contributed by atoms with Crippen LogP contribution in [-0.2, 0) is 12.8 Å². The molecule has 0 unspecified atom stereocenters. The van der Waals surface area contributed by atoms with Gasteiger partial charge in [0.15, 0.2) is 0 Å². The van der Waals surface area contributed by atoms with Gasteiger partial charge in [0.2, 0.25) is 0 Å². The quantitative estimate of drug-likeness (QED) is 0.601. The number of piperazine rings is 1. The minimum Gasteiger partial charge on any atom is -0.492 e. The maximum Gasteiger partial charge on any atom is 0.141 e. The predicted molar refractivity (Wildman–Crippen MR) is 120 cm³/mol. The van der Waals surface area contributed by atoms with E-state index in [-0.39, 0.29) is 0 Å². The zero-order chi connectivity index (χ0) is 19.6. The van der Waals surface area contributed by atoms with Crippen LogP contribution in [0, 0.1) is 0 Å². The number of anilines is 1. The normalized spacial score (nSPS) is 17.5. The van der Waals surface area contributed by atoms with E-state index in [9.17, 15) is 0 Å². The van der Waals surface area contributed by atoms with Crippen molar-refractivity contribution >= 4 is 39.0 Å². The Hall–Kier alpha value is -1.89. The molecule has 1 aliphatic carbocycles. The van der Waals surface area contributed by atoms with Crippen LogP contribution in [0.25, 0.3) is 10.2 Å². The van der Waals surface area contributed by atoms with Crippen molar-refractivity contribution in [1.82, 2.24) is 14.9 Å². The van der Waals surface area contributed by atoms with Gasteiger partial charge in [0.1, 0.15) is 29.3 Å². The van der Waals surface area contributed by atoms with Crippen molar-refractivity contribution in [3.63, 3.8) is 0 Å². The van der Waals surface area contributed by atoms with Crippen LogP contribution in [0.2, 0.25) is 5.02 Å². The number of hydrogen-bond donors (Lipinski definition) is 0. The first-order valence-electron chi connectivity index (χ1n) is 10.4. The van der Waals surface area contributed by atoms with Crippen LogP contribution in [0.5, 0.6) is 5.75 Å². The SMILES string of the molecule is Clc1ccc(OCCN2CCN(c3ncnc4sc5c(c34)CCCC5)CC2)cc1. The van der Waals surface area contributed by atoms with Crippen LogP contribution >= 0.6 is 22.9 Å². The third-order valence-electron chi connectivity index (χ3n) is 5.89. The number of benzene rings is 1. The second-order valence-corrected chi connectivity index (χ2v) is 9.24. The zero-order valence-corrected chi connectivity index (χ0v) is 18.0. The predicted octanol–water partition coefficient (Wildman–Crippen LogP) is 4.42. The highest BCUT2D eigenvalue weighted by Crippen LogP contribution is 2.39. The van der Waals surface area contributed by atoms with Gasteiger partial charge < -0.3 is 9.64 Å². The van der Waals surface area contributed by atoms with Crippen LogP contribution in [0.3, 0.4) is 0 Å². The minimum absolute atomic E-state index is 0.692. The van der Waals surface area contributed by atoms with Gasteiger partial charge in [-0.3, -0.25) is 4.90 Å². The highest BCUT2D eigenvalue weighted by atomic mass is 35.5. The molecule has 7 heteroatoms. The molecule has 0 saturated carbocycles. The summed E-state index contributed by atoms with van der Waals surface area (Å²) in [6.45, 7) is 5.68. The molecular weight excluding hydrogens is 404 g/mol. The van der Waals surface area contributed by atoms with Crippen molar-refractivity contribution < 1.29 is 4.74 Å². The molecule has 29 heavy (non-hydrogen) atoms. The third kappa shape index (κ3) is 4.06. The van der Waals surface area contributed by atoms with Crippen molar-refractivity contribution in [2.45, 2.75) is 25.7 Å². The standard InChI is InChI=1S/C22H25ClN4OS/c23-16-5-7-17(8-6-16)28-14-13-26-9-11-27(12-10-26)21-20-18-3-1-2-4-19(18)29-22(20)25-15-24-21/h5-8,15H,1-4,9-14H2. The molecule has 152 valence electrons. The summed E-state index contributed by atoms with van der Waals surface area (Å²) in [5.74, 6) is 2.02. The van der Waals surface area contributed by atoms with E-state index in [1.165, 1.54) is 46.3 Å². The van der Waals surface area contributed by atoms with Crippen molar-refractivity contribution in [3.05, 3.63) is 46.1 Å². The average molecular weight is 429 g/mol. The van der Waals surface area contributed by atoms with E-state index in [0.717, 1.165) is 49.3 Å². The molecule has 5 rings (SSSR count). The Morgan fingerprint density at radius 1 is 1.00 bits per heavy atom. The fourth-order valence-electron chi connectivity index (χ4n) is 4.32. The van der Waals surface area contributed by atoms with Gasteiger partial charge >= 0.3 is 0 Å². The molecule has 3 heterocycles. The smallest absolute Gasteiger partial charge is 0.141 e. The number of rotatable bonds is 5. The molecule has 2 aromatic heterocycles. The van der Waals surface area contributed by atoms with E-state index >= 15 is 0 Å². The number of fused-ring (bicyclic) bond motifs is 3. The van der Waals surface area contributed by atoms with Crippen LogP contribution in [0.4, 0.5) is 5.82 Å². The number of halogens is 1. The molecule has 1 fully saturated rings. The molecule has 2 aliphatic rings. The maximum atomic E-state index is 5.92. The number of nitrogens with zero attached hydrogens (tertiary/aromatic N) is 4. The first-order chi connectivity index (χ1) is 14.3. The van der Waals surface area contributed by atoms with E-state index in [4.69, 9.17) is 21.3 Å². The molecular formula is C22H25ClN4OS. The Balaban J connectivity index is 1.21.